The number of likely N-dealkylation sites (tertiary alicyclic amines) is 1. The Kier molecular flexibility index (Phi) is 6.49. The van der Waals surface area contributed by atoms with Crippen LogP contribution in [0.1, 0.15) is 32.1 Å². The fourth-order valence-electron chi connectivity index (χ4n) is 2.12. The summed E-state index contributed by atoms with van der Waals surface area (Å²) in [7, 11) is 2.05. The molecule has 0 saturated carbocycles. The minimum atomic E-state index is -0.787. The van der Waals surface area contributed by atoms with Gasteiger partial charge in [-0.25, -0.2) is 4.79 Å². The molecule has 1 aliphatic rings. The van der Waals surface area contributed by atoms with E-state index in [1.807, 2.05) is 0 Å². The number of aliphatic carboxylic acids is 1. The standard InChI is InChI=1S/C12H23N3O3/c1-15-8-4-5-10(9-15)14-12(18)13-7-3-2-6-11(16)17/h10H,2-9H2,1H3,(H,16,17)(H2,13,14,18). The Morgan fingerprint density at radius 2 is 2.17 bits per heavy atom. The number of carbonyl (C=O) groups excluding carboxylic acids is 1. The first-order chi connectivity index (χ1) is 8.58. The van der Waals surface area contributed by atoms with Crippen LogP contribution in [0.25, 0.3) is 0 Å². The molecule has 6 nitrogen and oxygen atoms in total. The van der Waals surface area contributed by atoms with Gasteiger partial charge in [0.25, 0.3) is 0 Å². The molecular weight excluding hydrogens is 234 g/mol. The highest BCUT2D eigenvalue weighted by Gasteiger charge is 2.18. The van der Waals surface area contributed by atoms with E-state index in [1.165, 1.54) is 0 Å². The van der Waals surface area contributed by atoms with Crippen LogP contribution in [0.5, 0.6) is 0 Å². The van der Waals surface area contributed by atoms with Crippen LogP contribution >= 0.6 is 0 Å². The van der Waals surface area contributed by atoms with Gasteiger partial charge in [0.15, 0.2) is 0 Å². The Morgan fingerprint density at radius 3 is 2.83 bits per heavy atom. The summed E-state index contributed by atoms with van der Waals surface area (Å²) in [5.74, 6) is -0.787. The zero-order chi connectivity index (χ0) is 13.4. The second-order valence-corrected chi connectivity index (χ2v) is 4.85. The number of unbranched alkanes of at least 4 members (excludes halogenated alkanes) is 1. The number of nitrogens with zero attached hydrogens (tertiary/aromatic N) is 1. The maximum Gasteiger partial charge on any atom is 0.315 e. The molecule has 0 radical (unpaired) electrons. The van der Waals surface area contributed by atoms with E-state index in [0.29, 0.717) is 19.4 Å². The number of nitrogens with one attached hydrogen (secondary N) is 2. The molecule has 104 valence electrons. The second kappa shape index (κ2) is 7.92. The van der Waals surface area contributed by atoms with Gasteiger partial charge in [0.05, 0.1) is 0 Å². The Bertz CT molecular complexity index is 284. The van der Waals surface area contributed by atoms with Gasteiger partial charge in [-0.3, -0.25) is 4.79 Å². The molecule has 0 aromatic carbocycles. The number of carbonyl (C=O) groups is 2. The van der Waals surface area contributed by atoms with E-state index in [2.05, 4.69) is 22.6 Å². The molecule has 6 heteroatoms. The van der Waals surface area contributed by atoms with Crippen LogP contribution < -0.4 is 10.6 Å². The van der Waals surface area contributed by atoms with E-state index in [-0.39, 0.29) is 18.5 Å². The topological polar surface area (TPSA) is 81.7 Å². The molecule has 1 saturated heterocycles. The predicted octanol–water partition coefficient (Wildman–Crippen LogP) is 0.635. The molecule has 18 heavy (non-hydrogen) atoms. The zero-order valence-electron chi connectivity index (χ0n) is 10.9. The minimum absolute atomic E-state index is 0.148. The van der Waals surface area contributed by atoms with Gasteiger partial charge in [-0.1, -0.05) is 0 Å². The molecule has 0 aromatic heterocycles. The van der Waals surface area contributed by atoms with Crippen molar-refractivity contribution in [2.24, 2.45) is 0 Å². The van der Waals surface area contributed by atoms with Crippen LogP contribution in [0.4, 0.5) is 4.79 Å². The van der Waals surface area contributed by atoms with Gasteiger partial charge in [0.2, 0.25) is 0 Å². The van der Waals surface area contributed by atoms with Gasteiger partial charge >= 0.3 is 12.0 Å². The van der Waals surface area contributed by atoms with Crippen molar-refractivity contribution in [1.29, 1.82) is 0 Å². The van der Waals surface area contributed by atoms with Crippen molar-refractivity contribution >= 4 is 12.0 Å². The number of hydrogen-bond acceptors (Lipinski definition) is 3. The number of urea groups is 1. The Labute approximate surface area is 108 Å². The lowest BCUT2D eigenvalue weighted by atomic mass is 10.1. The summed E-state index contributed by atoms with van der Waals surface area (Å²) in [6.07, 6.45) is 3.60. The van der Waals surface area contributed by atoms with Crippen LogP contribution in [0, 0.1) is 0 Å². The third-order valence-electron chi connectivity index (χ3n) is 3.06. The number of carboxylic acid groups (broad SMARTS) is 1. The Morgan fingerprint density at radius 1 is 1.39 bits per heavy atom. The van der Waals surface area contributed by atoms with Gasteiger partial charge in [-0.05, 0) is 39.3 Å². The number of rotatable bonds is 6. The summed E-state index contributed by atoms with van der Waals surface area (Å²) in [5, 5.41) is 14.2. The SMILES string of the molecule is CN1CCCC(NC(=O)NCCCCC(=O)O)C1. The van der Waals surface area contributed by atoms with Crippen LogP contribution in [0.2, 0.25) is 0 Å². The van der Waals surface area contributed by atoms with Crippen LogP contribution in [0.3, 0.4) is 0 Å². The lowest BCUT2D eigenvalue weighted by Gasteiger charge is -2.30. The van der Waals surface area contributed by atoms with E-state index in [1.54, 1.807) is 0 Å². The molecule has 1 heterocycles. The third kappa shape index (κ3) is 6.44. The highest BCUT2D eigenvalue weighted by Crippen LogP contribution is 2.07. The molecule has 3 N–H and O–H groups in total. The summed E-state index contributed by atoms with van der Waals surface area (Å²) in [5.41, 5.74) is 0. The van der Waals surface area contributed by atoms with Gasteiger partial charge in [-0.2, -0.15) is 0 Å². The monoisotopic (exact) mass is 257 g/mol. The summed E-state index contributed by atoms with van der Waals surface area (Å²) in [6, 6.07) is 0.0772. The number of carboxylic acids is 1. The predicted molar refractivity (Wildman–Crippen MR) is 68.5 cm³/mol. The van der Waals surface area contributed by atoms with Crippen LogP contribution in [-0.4, -0.2) is 54.7 Å². The van der Waals surface area contributed by atoms with Gasteiger partial charge < -0.3 is 20.6 Å². The molecule has 0 aliphatic carbocycles. The number of likely N-dealkylation sites (N-methyl/N-ethyl adjacent to an activating group) is 1. The maximum atomic E-state index is 11.6. The van der Waals surface area contributed by atoms with Crippen molar-refractivity contribution in [3.63, 3.8) is 0 Å². The van der Waals surface area contributed by atoms with Gasteiger partial charge in [-0.15, -0.1) is 0 Å². The summed E-state index contributed by atoms with van der Waals surface area (Å²) in [6.45, 7) is 2.52. The lowest BCUT2D eigenvalue weighted by molar-refractivity contribution is -0.137. The van der Waals surface area contributed by atoms with E-state index in [0.717, 1.165) is 25.9 Å². The molecular formula is C12H23N3O3. The second-order valence-electron chi connectivity index (χ2n) is 4.85. The molecule has 1 unspecified atom stereocenters. The third-order valence-corrected chi connectivity index (χ3v) is 3.06. The van der Waals surface area contributed by atoms with E-state index < -0.39 is 5.97 Å². The Balaban J connectivity index is 2.04. The first-order valence-corrected chi connectivity index (χ1v) is 6.52. The van der Waals surface area contributed by atoms with Crippen molar-refractivity contribution in [3.05, 3.63) is 0 Å². The average Bonchev–Trinajstić information content (AvgIpc) is 2.28. The largest absolute Gasteiger partial charge is 0.481 e. The smallest absolute Gasteiger partial charge is 0.315 e. The molecule has 2 amide bonds. The minimum Gasteiger partial charge on any atom is -0.481 e. The molecule has 0 bridgehead atoms. The molecule has 0 aromatic rings. The average molecular weight is 257 g/mol. The van der Waals surface area contributed by atoms with E-state index >= 15 is 0 Å². The number of piperidine rings is 1. The summed E-state index contributed by atoms with van der Waals surface area (Å²) < 4.78 is 0. The van der Waals surface area contributed by atoms with Crippen LogP contribution in [0.15, 0.2) is 0 Å². The molecule has 1 atom stereocenters. The number of amides is 2. The van der Waals surface area contributed by atoms with Crippen molar-refractivity contribution in [2.45, 2.75) is 38.1 Å². The van der Waals surface area contributed by atoms with Crippen LogP contribution in [-0.2, 0) is 4.79 Å². The molecule has 1 rings (SSSR count). The molecule has 1 fully saturated rings. The van der Waals surface area contributed by atoms with E-state index in [9.17, 15) is 9.59 Å². The van der Waals surface area contributed by atoms with Gasteiger partial charge in [0.1, 0.15) is 0 Å². The normalized spacial score (nSPS) is 20.4. The maximum absolute atomic E-state index is 11.6. The summed E-state index contributed by atoms with van der Waals surface area (Å²) >= 11 is 0. The first kappa shape index (κ1) is 14.8. The highest BCUT2D eigenvalue weighted by atomic mass is 16.4. The van der Waals surface area contributed by atoms with Crippen molar-refractivity contribution < 1.29 is 14.7 Å². The van der Waals surface area contributed by atoms with Crippen molar-refractivity contribution in [1.82, 2.24) is 15.5 Å². The van der Waals surface area contributed by atoms with Crippen molar-refractivity contribution in [3.8, 4) is 0 Å². The number of hydrogen-bond donors (Lipinski definition) is 3. The van der Waals surface area contributed by atoms with Crippen molar-refractivity contribution in [2.75, 3.05) is 26.7 Å². The molecule has 1 aliphatic heterocycles. The van der Waals surface area contributed by atoms with E-state index in [4.69, 9.17) is 5.11 Å². The summed E-state index contributed by atoms with van der Waals surface area (Å²) in [4.78, 5) is 24.1. The van der Waals surface area contributed by atoms with Gasteiger partial charge in [0, 0.05) is 25.6 Å². The quantitative estimate of drug-likeness (QED) is 0.610. The first-order valence-electron chi connectivity index (χ1n) is 6.52. The lowest BCUT2D eigenvalue weighted by Crippen LogP contribution is -2.49. The zero-order valence-corrected chi connectivity index (χ0v) is 10.9. The Hall–Kier alpha value is -1.30. The fourth-order valence-corrected chi connectivity index (χ4v) is 2.12. The fraction of sp³-hybridized carbons (Fsp3) is 0.833. The highest BCUT2D eigenvalue weighted by molar-refractivity contribution is 5.74. The molecule has 0 spiro atoms.